The second kappa shape index (κ2) is 11.0. The van der Waals surface area contributed by atoms with E-state index in [1.54, 1.807) is 36.4 Å². The molecule has 8 heteroatoms. The molecule has 148 valence electrons. The molecule has 0 bridgehead atoms. The van der Waals surface area contributed by atoms with Gasteiger partial charge in [-0.15, -0.1) is 0 Å². The molecule has 28 heavy (non-hydrogen) atoms. The Morgan fingerprint density at radius 3 is 2.57 bits per heavy atom. The maximum Gasteiger partial charge on any atom is 0.387 e. The predicted molar refractivity (Wildman–Crippen MR) is 101 cm³/mol. The fourth-order valence-electron chi connectivity index (χ4n) is 2.19. The number of benzene rings is 2. The second-order valence-corrected chi connectivity index (χ2v) is 6.05. The maximum atomic E-state index is 12.1. The van der Waals surface area contributed by atoms with E-state index in [1.165, 1.54) is 24.3 Å². The highest BCUT2D eigenvalue weighted by Crippen LogP contribution is 2.15. The summed E-state index contributed by atoms with van der Waals surface area (Å²) in [6.45, 7) is -2.96. The van der Waals surface area contributed by atoms with Gasteiger partial charge in [0.25, 0.3) is 5.91 Å². The first-order valence-electron chi connectivity index (χ1n) is 8.33. The third-order valence-corrected chi connectivity index (χ3v) is 3.73. The van der Waals surface area contributed by atoms with Crippen LogP contribution in [-0.4, -0.2) is 31.6 Å². The van der Waals surface area contributed by atoms with Gasteiger partial charge in [-0.1, -0.05) is 35.9 Å². The molecule has 0 radical (unpaired) electrons. The molecule has 0 fully saturated rings. The highest BCUT2D eigenvalue weighted by atomic mass is 35.5. The molecule has 0 aliphatic heterocycles. The molecule has 1 amide bonds. The second-order valence-electron chi connectivity index (χ2n) is 5.62. The smallest absolute Gasteiger partial charge is 0.387 e. The minimum absolute atomic E-state index is 0.0699. The standard InChI is InChI=1S/C20H18ClF2NO4/c21-16-3-1-2-15(12-16)6-9-19(26)27-13-18(25)24-11-10-14-4-7-17(8-5-14)28-20(22)23/h1-9,12,20H,10-11,13H2,(H,24,25)/b9-6+. The molecule has 0 spiro atoms. The van der Waals surface area contributed by atoms with Crippen molar-refractivity contribution in [3.63, 3.8) is 0 Å². The largest absolute Gasteiger partial charge is 0.452 e. The lowest BCUT2D eigenvalue weighted by molar-refractivity contribution is -0.143. The van der Waals surface area contributed by atoms with Gasteiger partial charge in [0.15, 0.2) is 6.61 Å². The molecule has 0 saturated carbocycles. The van der Waals surface area contributed by atoms with Gasteiger partial charge < -0.3 is 14.8 Å². The van der Waals surface area contributed by atoms with E-state index < -0.39 is 25.1 Å². The third kappa shape index (κ3) is 8.18. The molecule has 0 aromatic heterocycles. The average Bonchev–Trinajstić information content (AvgIpc) is 2.66. The molecular formula is C20H18ClF2NO4. The van der Waals surface area contributed by atoms with E-state index in [-0.39, 0.29) is 5.75 Å². The summed E-state index contributed by atoms with van der Waals surface area (Å²) < 4.78 is 33.3. The van der Waals surface area contributed by atoms with Crippen molar-refractivity contribution in [2.75, 3.05) is 13.2 Å². The van der Waals surface area contributed by atoms with Crippen LogP contribution in [0, 0.1) is 0 Å². The number of rotatable bonds is 9. The quantitative estimate of drug-likeness (QED) is 0.504. The molecule has 2 aromatic carbocycles. The maximum absolute atomic E-state index is 12.1. The molecule has 1 N–H and O–H groups in total. The number of alkyl halides is 2. The number of hydrogen-bond acceptors (Lipinski definition) is 4. The monoisotopic (exact) mass is 409 g/mol. The first kappa shape index (κ1) is 21.4. The molecule has 0 heterocycles. The molecule has 2 rings (SSSR count). The summed E-state index contributed by atoms with van der Waals surface area (Å²) in [4.78, 5) is 23.3. The van der Waals surface area contributed by atoms with Crippen LogP contribution in [0.5, 0.6) is 5.75 Å². The van der Waals surface area contributed by atoms with E-state index in [2.05, 4.69) is 10.1 Å². The van der Waals surface area contributed by atoms with Crippen LogP contribution >= 0.6 is 11.6 Å². The van der Waals surface area contributed by atoms with Gasteiger partial charge in [0, 0.05) is 17.6 Å². The molecule has 0 aliphatic rings. The normalized spacial score (nSPS) is 10.9. The highest BCUT2D eigenvalue weighted by molar-refractivity contribution is 6.30. The SMILES string of the molecule is O=C(COC(=O)/C=C/c1cccc(Cl)c1)NCCc1ccc(OC(F)F)cc1. The van der Waals surface area contributed by atoms with Crippen LogP contribution in [0.15, 0.2) is 54.6 Å². The number of carbonyl (C=O) groups is 2. The van der Waals surface area contributed by atoms with Crippen LogP contribution < -0.4 is 10.1 Å². The number of esters is 1. The number of nitrogens with one attached hydrogen (secondary N) is 1. The van der Waals surface area contributed by atoms with E-state index in [4.69, 9.17) is 16.3 Å². The van der Waals surface area contributed by atoms with Crippen LogP contribution in [0.1, 0.15) is 11.1 Å². The lowest BCUT2D eigenvalue weighted by Gasteiger charge is -2.07. The summed E-state index contributed by atoms with van der Waals surface area (Å²) in [7, 11) is 0. The fraction of sp³-hybridized carbons (Fsp3) is 0.200. The van der Waals surface area contributed by atoms with Crippen LogP contribution in [0.4, 0.5) is 8.78 Å². The number of amides is 1. The summed E-state index contributed by atoms with van der Waals surface area (Å²) in [6.07, 6.45) is 3.23. The van der Waals surface area contributed by atoms with Gasteiger partial charge in [-0.05, 0) is 47.9 Å². The lowest BCUT2D eigenvalue weighted by Crippen LogP contribution is -2.30. The predicted octanol–water partition coefficient (Wildman–Crippen LogP) is 3.86. The Morgan fingerprint density at radius 2 is 1.89 bits per heavy atom. The van der Waals surface area contributed by atoms with Gasteiger partial charge in [-0.3, -0.25) is 4.79 Å². The average molecular weight is 410 g/mol. The van der Waals surface area contributed by atoms with Crippen molar-refractivity contribution in [1.82, 2.24) is 5.32 Å². The molecule has 0 atom stereocenters. The van der Waals surface area contributed by atoms with E-state index in [1.807, 2.05) is 0 Å². The zero-order valence-corrected chi connectivity index (χ0v) is 15.5. The number of carbonyl (C=O) groups excluding carboxylic acids is 2. The van der Waals surface area contributed by atoms with Crippen molar-refractivity contribution in [2.45, 2.75) is 13.0 Å². The van der Waals surface area contributed by atoms with Crippen molar-refractivity contribution in [3.8, 4) is 5.75 Å². The first-order chi connectivity index (χ1) is 13.4. The van der Waals surface area contributed by atoms with Gasteiger partial charge in [0.1, 0.15) is 5.75 Å². The molecule has 0 unspecified atom stereocenters. The van der Waals surface area contributed by atoms with Gasteiger partial charge in [0.2, 0.25) is 0 Å². The van der Waals surface area contributed by atoms with Crippen molar-refractivity contribution >= 4 is 29.6 Å². The van der Waals surface area contributed by atoms with E-state index >= 15 is 0 Å². The van der Waals surface area contributed by atoms with Crippen molar-refractivity contribution < 1.29 is 27.8 Å². The van der Waals surface area contributed by atoms with E-state index in [0.29, 0.717) is 18.0 Å². The lowest BCUT2D eigenvalue weighted by atomic mass is 10.1. The summed E-state index contributed by atoms with van der Waals surface area (Å²) >= 11 is 5.84. The van der Waals surface area contributed by atoms with Gasteiger partial charge in [0.05, 0.1) is 0 Å². The Hall–Kier alpha value is -2.93. The Labute approximate surface area is 165 Å². The topological polar surface area (TPSA) is 64.6 Å². The first-order valence-corrected chi connectivity index (χ1v) is 8.71. The molecule has 5 nitrogen and oxygen atoms in total. The van der Waals surface area contributed by atoms with Gasteiger partial charge in [-0.25, -0.2) is 4.79 Å². The number of ether oxygens (including phenoxy) is 2. The summed E-state index contributed by atoms with van der Waals surface area (Å²) in [6, 6.07) is 13.0. The fourth-order valence-corrected chi connectivity index (χ4v) is 2.39. The van der Waals surface area contributed by atoms with Crippen LogP contribution in [0.3, 0.4) is 0 Å². The Morgan fingerprint density at radius 1 is 1.14 bits per heavy atom. The Bertz CT molecular complexity index is 825. The Balaban J connectivity index is 1.66. The number of halogens is 3. The molecule has 2 aromatic rings. The van der Waals surface area contributed by atoms with E-state index in [9.17, 15) is 18.4 Å². The van der Waals surface area contributed by atoms with Crippen LogP contribution in [0.25, 0.3) is 6.08 Å². The zero-order valence-electron chi connectivity index (χ0n) is 14.7. The minimum atomic E-state index is -2.87. The van der Waals surface area contributed by atoms with Crippen LogP contribution in [-0.2, 0) is 20.7 Å². The van der Waals surface area contributed by atoms with E-state index in [0.717, 1.165) is 11.1 Å². The van der Waals surface area contributed by atoms with Gasteiger partial charge >= 0.3 is 12.6 Å². The Kier molecular flexibility index (Phi) is 8.42. The molecular weight excluding hydrogens is 392 g/mol. The number of hydrogen-bond donors (Lipinski definition) is 1. The van der Waals surface area contributed by atoms with Crippen molar-refractivity contribution in [1.29, 1.82) is 0 Å². The van der Waals surface area contributed by atoms with Crippen molar-refractivity contribution in [2.24, 2.45) is 0 Å². The summed E-state index contributed by atoms with van der Waals surface area (Å²) in [5.41, 5.74) is 1.57. The summed E-state index contributed by atoms with van der Waals surface area (Å²) in [5, 5.41) is 3.15. The molecule has 0 saturated heterocycles. The van der Waals surface area contributed by atoms with Crippen molar-refractivity contribution in [3.05, 3.63) is 70.8 Å². The molecule has 0 aliphatic carbocycles. The minimum Gasteiger partial charge on any atom is -0.452 e. The van der Waals surface area contributed by atoms with Gasteiger partial charge in [-0.2, -0.15) is 8.78 Å². The summed E-state index contributed by atoms with van der Waals surface area (Å²) in [5.74, 6) is -1.02. The highest BCUT2D eigenvalue weighted by Gasteiger charge is 2.06. The zero-order chi connectivity index (χ0) is 20.4. The third-order valence-electron chi connectivity index (χ3n) is 3.49. The van der Waals surface area contributed by atoms with Crippen LogP contribution in [0.2, 0.25) is 5.02 Å².